The van der Waals surface area contributed by atoms with E-state index in [1.165, 1.54) is 53.3 Å². The minimum atomic E-state index is -2.12. The second kappa shape index (κ2) is 16.5. The van der Waals surface area contributed by atoms with E-state index in [0.29, 0.717) is 5.56 Å². The van der Waals surface area contributed by atoms with Gasteiger partial charge in [-0.15, -0.1) is 0 Å². The van der Waals surface area contributed by atoms with Crippen LogP contribution in [0, 0.1) is 36.5 Å². The standard InChI is InChI=1S/C43H49N3O13/c1-18-15-27(48)25-16-26(25)35(50)20(3)34(49)21(4)39(58-23(6)47)19(2)28(56-8)11-14-57-43(7)41(54)31-29-30(36(51)22(5)40(31)59-43)38(53)33(46-42(18)55)32(37(29)52)45-17-24-9-12-44-13-10-24/h9-15,19-21,25-26,28,34-35,39,45,49-51H,16-17H2,1-8H3,(H,46,55)/b14-11+,18-15-/t19-,20+,21-,25-,26+,28+,34-,35-,39-,43+/m1/s1. The highest BCUT2D eigenvalue weighted by Crippen LogP contribution is 2.49. The normalized spacial score (nSPS) is 32.6. The molecule has 16 nitrogen and oxygen atoms in total. The lowest BCUT2D eigenvalue weighted by Gasteiger charge is -2.37. The summed E-state index contributed by atoms with van der Waals surface area (Å²) in [5.74, 6) is -11.1. The molecule has 2 aromatic rings. The Morgan fingerprint density at radius 1 is 0.983 bits per heavy atom. The molecule has 1 fully saturated rings. The number of ether oxygens (including phenoxy) is 4. The van der Waals surface area contributed by atoms with Gasteiger partial charge in [-0.1, -0.05) is 20.8 Å². The van der Waals surface area contributed by atoms with Gasteiger partial charge < -0.3 is 44.9 Å². The average Bonchev–Trinajstić information content (AvgIpc) is 3.97. The summed E-state index contributed by atoms with van der Waals surface area (Å²) in [5.41, 5.74) is -1.76. The van der Waals surface area contributed by atoms with Crippen LogP contribution in [0.3, 0.4) is 0 Å². The fraction of sp³-hybridized carbons (Fsp3) is 0.465. The molecule has 1 amide bonds. The average molecular weight is 816 g/mol. The van der Waals surface area contributed by atoms with Gasteiger partial charge in [0.1, 0.15) is 29.0 Å². The Bertz CT molecular complexity index is 2200. The molecular formula is C43H49N3O13. The first-order valence-electron chi connectivity index (χ1n) is 19.4. The van der Waals surface area contributed by atoms with E-state index in [0.717, 1.165) is 12.3 Å². The summed E-state index contributed by atoms with van der Waals surface area (Å²) in [6.07, 6.45) is 2.85. The van der Waals surface area contributed by atoms with Crippen molar-refractivity contribution in [2.75, 3.05) is 7.11 Å². The topological polar surface area (TPSA) is 237 Å². The molecule has 16 heteroatoms. The zero-order chi connectivity index (χ0) is 43.2. The van der Waals surface area contributed by atoms with Crippen LogP contribution in [0.2, 0.25) is 0 Å². The van der Waals surface area contributed by atoms with Crippen LogP contribution in [0.25, 0.3) is 0 Å². The van der Waals surface area contributed by atoms with E-state index in [-0.39, 0.29) is 41.1 Å². The van der Waals surface area contributed by atoms with Crippen LogP contribution in [-0.4, -0.2) is 92.6 Å². The Hall–Kier alpha value is -5.71. The van der Waals surface area contributed by atoms with E-state index in [2.05, 4.69) is 15.6 Å². The number of aliphatic hydroxyl groups excluding tert-OH is 2. The Kier molecular flexibility index (Phi) is 12.0. The monoisotopic (exact) mass is 815 g/mol. The molecule has 0 radical (unpaired) electrons. The van der Waals surface area contributed by atoms with Crippen molar-refractivity contribution >= 4 is 35.0 Å². The molecule has 1 aromatic carbocycles. The molecule has 2 aliphatic carbocycles. The summed E-state index contributed by atoms with van der Waals surface area (Å²) >= 11 is 0. The number of benzene rings is 1. The maximum absolute atomic E-state index is 14.6. The van der Waals surface area contributed by atoms with Crippen LogP contribution in [0.1, 0.15) is 90.2 Å². The number of Topliss-reactive ketones (excluding diaryl/α,β-unsaturated/α-hetero) is 3. The molecule has 0 spiro atoms. The number of ketones is 4. The Balaban J connectivity index is 1.47. The quantitative estimate of drug-likeness (QED) is 0.273. The lowest BCUT2D eigenvalue weighted by molar-refractivity contribution is -0.160. The lowest BCUT2D eigenvalue weighted by atomic mass is 9.79. The Morgan fingerprint density at radius 2 is 1.66 bits per heavy atom. The molecule has 59 heavy (non-hydrogen) atoms. The number of nitrogens with zero attached hydrogens (tertiary/aromatic N) is 1. The predicted octanol–water partition coefficient (Wildman–Crippen LogP) is 3.16. The van der Waals surface area contributed by atoms with Gasteiger partial charge in [-0.3, -0.25) is 33.8 Å². The largest absolute Gasteiger partial charge is 0.507 e. The Morgan fingerprint density at radius 3 is 2.31 bits per heavy atom. The smallest absolute Gasteiger partial charge is 0.312 e. The van der Waals surface area contributed by atoms with Crippen molar-refractivity contribution in [3.63, 3.8) is 0 Å². The maximum atomic E-state index is 14.6. The van der Waals surface area contributed by atoms with Crippen LogP contribution in [0.4, 0.5) is 0 Å². The summed E-state index contributed by atoms with van der Waals surface area (Å²) < 4.78 is 23.4. The number of methoxy groups -OCH3 is 1. The first kappa shape index (κ1) is 42.9. The fourth-order valence-electron chi connectivity index (χ4n) is 8.20. The zero-order valence-corrected chi connectivity index (χ0v) is 34.0. The molecule has 10 atom stereocenters. The third kappa shape index (κ3) is 7.91. The van der Waals surface area contributed by atoms with Crippen LogP contribution >= 0.6 is 0 Å². The molecule has 7 rings (SSSR count). The third-order valence-corrected chi connectivity index (χ3v) is 11.9. The summed E-state index contributed by atoms with van der Waals surface area (Å²) in [6.45, 7) is 10.2. The second-order valence-electron chi connectivity index (χ2n) is 15.9. The number of fused-ring (bicyclic) bond motifs is 12. The zero-order valence-electron chi connectivity index (χ0n) is 34.0. The summed E-state index contributed by atoms with van der Waals surface area (Å²) in [6, 6.07) is 3.32. The van der Waals surface area contributed by atoms with E-state index < -0.39 is 117 Å². The number of aliphatic hydroxyl groups is 2. The number of phenols is 1. The molecule has 4 heterocycles. The molecule has 5 bridgehead atoms. The molecule has 0 unspecified atom stereocenters. The number of phenolic OH excluding ortho intramolecular Hbond substituents is 1. The van der Waals surface area contributed by atoms with Crippen molar-refractivity contribution in [3.05, 3.63) is 87.7 Å². The van der Waals surface area contributed by atoms with E-state index in [1.54, 1.807) is 32.9 Å². The number of esters is 1. The van der Waals surface area contributed by atoms with Gasteiger partial charge in [-0.2, -0.15) is 0 Å². The summed E-state index contributed by atoms with van der Waals surface area (Å²) in [4.78, 5) is 86.8. The molecule has 5 aliphatic rings. The van der Waals surface area contributed by atoms with Crippen molar-refractivity contribution in [1.29, 1.82) is 0 Å². The minimum absolute atomic E-state index is 0.0241. The van der Waals surface area contributed by atoms with Crippen molar-refractivity contribution in [2.45, 2.75) is 91.6 Å². The number of aromatic hydroxyl groups is 1. The van der Waals surface area contributed by atoms with Gasteiger partial charge in [0.25, 0.3) is 11.7 Å². The van der Waals surface area contributed by atoms with Crippen molar-refractivity contribution in [1.82, 2.24) is 15.6 Å². The molecule has 5 N–H and O–H groups in total. The van der Waals surface area contributed by atoms with Gasteiger partial charge in [0.15, 0.2) is 5.78 Å². The molecule has 314 valence electrons. The number of aromatic nitrogens is 1. The molecule has 3 aliphatic heterocycles. The number of allylic oxidation sites excluding steroid dienone is 3. The van der Waals surface area contributed by atoms with E-state index >= 15 is 0 Å². The number of carbonyl (C=O) groups excluding carboxylic acids is 6. The minimum Gasteiger partial charge on any atom is -0.507 e. The van der Waals surface area contributed by atoms with Gasteiger partial charge in [0, 0.05) is 74.7 Å². The van der Waals surface area contributed by atoms with E-state index in [9.17, 15) is 44.1 Å². The van der Waals surface area contributed by atoms with Crippen molar-refractivity contribution in [3.8, 4) is 11.5 Å². The van der Waals surface area contributed by atoms with Crippen LogP contribution < -0.4 is 15.4 Å². The van der Waals surface area contributed by atoms with Crippen LogP contribution in [-0.2, 0) is 35.1 Å². The maximum Gasteiger partial charge on any atom is 0.312 e. The number of pyridine rings is 1. The Labute approximate surface area is 340 Å². The number of nitrogens with one attached hydrogen (secondary N) is 2. The van der Waals surface area contributed by atoms with Crippen molar-refractivity contribution in [2.24, 2.45) is 29.6 Å². The summed E-state index contributed by atoms with van der Waals surface area (Å²) in [5, 5.41) is 39.8. The first-order chi connectivity index (χ1) is 27.8. The van der Waals surface area contributed by atoms with Gasteiger partial charge in [-0.05, 0) is 56.0 Å². The van der Waals surface area contributed by atoms with Crippen molar-refractivity contribution < 1.29 is 63.0 Å². The first-order valence-corrected chi connectivity index (χ1v) is 19.4. The number of amides is 1. The third-order valence-electron chi connectivity index (χ3n) is 11.9. The highest BCUT2D eigenvalue weighted by Gasteiger charge is 2.53. The van der Waals surface area contributed by atoms with E-state index in [4.69, 9.17) is 18.9 Å². The van der Waals surface area contributed by atoms with Gasteiger partial charge in [0.05, 0.1) is 41.3 Å². The SMILES string of the molecule is CO[C@H]1/C=C/O[C@@]2(C)Oc3c(C)c(O)c4c(c3C2=O)C(=O)C(NCc2ccncc2)=C(NC(=O)/C(C)=C\C(=O)[C@@H]2C[C@@H]2[C@H](O)[C@@H](C)[C@@H](O)[C@@H](C)[C@H](OC(C)=O)[C@@H]1C)C4=O. The highest BCUT2D eigenvalue weighted by molar-refractivity contribution is 6.32. The number of carbonyl (C=O) groups is 6. The summed E-state index contributed by atoms with van der Waals surface area (Å²) in [7, 11) is 1.40. The fourth-order valence-corrected chi connectivity index (χ4v) is 8.20. The molecule has 0 saturated heterocycles. The van der Waals surface area contributed by atoms with Gasteiger partial charge in [0.2, 0.25) is 11.6 Å². The number of hydrogen-bond donors (Lipinski definition) is 5. The second-order valence-corrected chi connectivity index (χ2v) is 15.9. The van der Waals surface area contributed by atoms with Crippen LogP contribution in [0.15, 0.2) is 59.9 Å². The van der Waals surface area contributed by atoms with Gasteiger partial charge >= 0.3 is 11.8 Å². The number of rotatable bonds is 5. The lowest BCUT2D eigenvalue weighted by Crippen LogP contribution is -2.46. The number of hydrogen-bond acceptors (Lipinski definition) is 15. The van der Waals surface area contributed by atoms with Crippen LogP contribution in [0.5, 0.6) is 11.5 Å². The molecular weight excluding hydrogens is 766 g/mol. The van der Waals surface area contributed by atoms with Gasteiger partial charge in [-0.25, -0.2) is 0 Å². The molecule has 1 aromatic heterocycles. The molecule has 1 saturated carbocycles. The highest BCUT2D eigenvalue weighted by atomic mass is 16.7. The van der Waals surface area contributed by atoms with E-state index in [1.807, 2.05) is 0 Å². The predicted molar refractivity (Wildman–Crippen MR) is 208 cm³/mol.